The van der Waals surface area contributed by atoms with Crippen molar-refractivity contribution in [3.63, 3.8) is 0 Å². The number of nitrogens with one attached hydrogen (secondary N) is 2. The van der Waals surface area contributed by atoms with Gasteiger partial charge in [-0.2, -0.15) is 4.37 Å². The molecule has 2 saturated heterocycles. The summed E-state index contributed by atoms with van der Waals surface area (Å²) in [7, 11) is 0. The molecule has 0 spiro atoms. The van der Waals surface area contributed by atoms with Crippen LogP contribution in [0.1, 0.15) is 44.9 Å². The Balaban J connectivity index is 1.52. The third-order valence-corrected chi connectivity index (χ3v) is 6.13. The lowest BCUT2D eigenvalue weighted by Crippen LogP contribution is -2.36. The largest absolute Gasteiger partial charge is 0.378 e. The molecule has 0 radical (unpaired) electrons. The van der Waals surface area contributed by atoms with E-state index in [1.54, 1.807) is 0 Å². The number of carbonyl (C=O) groups excluding carboxylic acids is 1. The van der Waals surface area contributed by atoms with Crippen LogP contribution in [0.5, 0.6) is 0 Å². The molecule has 0 bridgehead atoms. The lowest BCUT2D eigenvalue weighted by Gasteiger charge is -2.33. The standard InChI is InChI=1S/C21H30N6O2S/c1-15(2)19-23-21(30-25-19)24-20(28)22-17-7-6-16(26-10-12-29-13-11-26)14-18(17)27-8-4-3-5-9-27/h6-7,14-15H,3-5,8-13H2,1-2H3,(H2,22,23,24,25,28). The van der Waals surface area contributed by atoms with Gasteiger partial charge in [0.1, 0.15) is 5.82 Å². The molecule has 1 aromatic heterocycles. The molecule has 2 aliphatic rings. The van der Waals surface area contributed by atoms with Gasteiger partial charge in [-0.1, -0.05) is 13.8 Å². The molecule has 9 heteroatoms. The number of anilines is 4. The third-order valence-electron chi connectivity index (χ3n) is 5.48. The van der Waals surface area contributed by atoms with E-state index in [1.807, 2.05) is 19.9 Å². The predicted octanol–water partition coefficient (Wildman–Crippen LogP) is 4.13. The Kier molecular flexibility index (Phi) is 6.69. The molecule has 4 rings (SSSR count). The molecule has 2 aromatic rings. The molecule has 2 fully saturated rings. The van der Waals surface area contributed by atoms with Crippen LogP contribution in [-0.4, -0.2) is 54.8 Å². The average molecular weight is 431 g/mol. The van der Waals surface area contributed by atoms with E-state index in [9.17, 15) is 4.79 Å². The van der Waals surface area contributed by atoms with Crippen molar-refractivity contribution in [2.75, 3.05) is 59.8 Å². The molecule has 8 nitrogen and oxygen atoms in total. The molecular formula is C21H30N6O2S. The summed E-state index contributed by atoms with van der Waals surface area (Å²) in [4.78, 5) is 21.8. The Morgan fingerprint density at radius 2 is 1.83 bits per heavy atom. The zero-order chi connectivity index (χ0) is 20.9. The Bertz CT molecular complexity index is 859. The number of nitrogens with zero attached hydrogens (tertiary/aromatic N) is 4. The number of morpholine rings is 1. The Morgan fingerprint density at radius 3 is 2.53 bits per heavy atom. The molecule has 30 heavy (non-hydrogen) atoms. The van der Waals surface area contributed by atoms with Crippen molar-refractivity contribution < 1.29 is 9.53 Å². The Hall–Kier alpha value is -2.39. The number of hydrogen-bond acceptors (Lipinski definition) is 7. The minimum atomic E-state index is -0.293. The minimum Gasteiger partial charge on any atom is -0.378 e. The number of urea groups is 1. The highest BCUT2D eigenvalue weighted by atomic mass is 32.1. The molecule has 2 aliphatic heterocycles. The van der Waals surface area contributed by atoms with Crippen molar-refractivity contribution in [3.05, 3.63) is 24.0 Å². The second-order valence-corrected chi connectivity index (χ2v) is 8.79. The summed E-state index contributed by atoms with van der Waals surface area (Å²) in [5.41, 5.74) is 3.07. The van der Waals surface area contributed by atoms with E-state index >= 15 is 0 Å². The van der Waals surface area contributed by atoms with Crippen LogP contribution in [0.2, 0.25) is 0 Å². The molecule has 0 aliphatic carbocycles. The van der Waals surface area contributed by atoms with Crippen molar-refractivity contribution in [3.8, 4) is 0 Å². The van der Waals surface area contributed by atoms with Crippen molar-refractivity contribution >= 4 is 39.8 Å². The van der Waals surface area contributed by atoms with Crippen LogP contribution in [0.15, 0.2) is 18.2 Å². The molecule has 2 N–H and O–H groups in total. The van der Waals surface area contributed by atoms with Gasteiger partial charge in [0, 0.05) is 49.3 Å². The van der Waals surface area contributed by atoms with Gasteiger partial charge in [-0.3, -0.25) is 5.32 Å². The first-order valence-electron chi connectivity index (χ1n) is 10.7. The number of benzene rings is 1. The third kappa shape index (κ3) is 5.02. The first kappa shape index (κ1) is 20.9. The highest BCUT2D eigenvalue weighted by molar-refractivity contribution is 7.09. The average Bonchev–Trinajstić information content (AvgIpc) is 3.24. The maximum absolute atomic E-state index is 12.7. The van der Waals surface area contributed by atoms with Crippen LogP contribution in [0.4, 0.5) is 27.0 Å². The summed E-state index contributed by atoms with van der Waals surface area (Å²) in [6, 6.07) is 6.00. The van der Waals surface area contributed by atoms with E-state index in [0.717, 1.165) is 56.6 Å². The van der Waals surface area contributed by atoms with Crippen molar-refractivity contribution in [1.29, 1.82) is 0 Å². The van der Waals surface area contributed by atoms with Gasteiger partial charge in [0.15, 0.2) is 0 Å². The Labute approximate surface area is 181 Å². The van der Waals surface area contributed by atoms with Gasteiger partial charge in [0.25, 0.3) is 0 Å². The lowest BCUT2D eigenvalue weighted by molar-refractivity contribution is 0.122. The Morgan fingerprint density at radius 1 is 1.07 bits per heavy atom. The first-order chi connectivity index (χ1) is 14.6. The van der Waals surface area contributed by atoms with E-state index in [4.69, 9.17) is 4.74 Å². The van der Waals surface area contributed by atoms with Gasteiger partial charge in [-0.25, -0.2) is 9.78 Å². The molecule has 0 atom stereocenters. The smallest absolute Gasteiger partial charge is 0.325 e. The number of amides is 2. The molecule has 162 valence electrons. The molecule has 0 saturated carbocycles. The van der Waals surface area contributed by atoms with E-state index in [1.165, 1.54) is 36.5 Å². The number of rotatable bonds is 5. The van der Waals surface area contributed by atoms with E-state index in [0.29, 0.717) is 5.13 Å². The number of ether oxygens (including phenoxy) is 1. The van der Waals surface area contributed by atoms with Crippen LogP contribution >= 0.6 is 11.5 Å². The number of aromatic nitrogens is 2. The normalized spacial score (nSPS) is 17.3. The van der Waals surface area contributed by atoms with Crippen LogP contribution in [0, 0.1) is 0 Å². The quantitative estimate of drug-likeness (QED) is 0.742. The van der Waals surface area contributed by atoms with Crippen molar-refractivity contribution in [2.24, 2.45) is 0 Å². The summed E-state index contributed by atoms with van der Waals surface area (Å²) in [6.07, 6.45) is 3.62. The molecule has 2 amide bonds. The van der Waals surface area contributed by atoms with Gasteiger partial charge in [0.2, 0.25) is 5.13 Å². The fraction of sp³-hybridized carbons (Fsp3) is 0.571. The highest BCUT2D eigenvalue weighted by Crippen LogP contribution is 2.33. The predicted molar refractivity (Wildman–Crippen MR) is 122 cm³/mol. The summed E-state index contributed by atoms with van der Waals surface area (Å²) >= 11 is 1.21. The van der Waals surface area contributed by atoms with Crippen LogP contribution < -0.4 is 20.4 Å². The molecule has 0 unspecified atom stereocenters. The van der Waals surface area contributed by atoms with Crippen LogP contribution in [0.3, 0.4) is 0 Å². The van der Waals surface area contributed by atoms with Gasteiger partial charge >= 0.3 is 6.03 Å². The summed E-state index contributed by atoms with van der Waals surface area (Å²) in [5, 5.41) is 6.37. The fourth-order valence-electron chi connectivity index (χ4n) is 3.81. The SMILES string of the molecule is CC(C)c1nsc(NC(=O)Nc2ccc(N3CCOCC3)cc2N2CCCCC2)n1. The van der Waals surface area contributed by atoms with Gasteiger partial charge in [-0.15, -0.1) is 0 Å². The van der Waals surface area contributed by atoms with Gasteiger partial charge in [-0.05, 0) is 37.5 Å². The van der Waals surface area contributed by atoms with E-state index in [2.05, 4.69) is 41.9 Å². The summed E-state index contributed by atoms with van der Waals surface area (Å²) in [6.45, 7) is 9.38. The van der Waals surface area contributed by atoms with Crippen molar-refractivity contribution in [1.82, 2.24) is 9.36 Å². The van der Waals surface area contributed by atoms with Gasteiger partial charge < -0.3 is 19.9 Å². The fourth-order valence-corrected chi connectivity index (χ4v) is 4.52. The number of hydrogen-bond donors (Lipinski definition) is 2. The number of carbonyl (C=O) groups is 1. The lowest BCUT2D eigenvalue weighted by atomic mass is 10.1. The first-order valence-corrected chi connectivity index (χ1v) is 11.5. The van der Waals surface area contributed by atoms with Crippen LogP contribution in [-0.2, 0) is 4.74 Å². The summed E-state index contributed by atoms with van der Waals surface area (Å²) in [5.74, 6) is 0.984. The minimum absolute atomic E-state index is 0.235. The molecule has 3 heterocycles. The second kappa shape index (κ2) is 9.61. The maximum atomic E-state index is 12.7. The summed E-state index contributed by atoms with van der Waals surface area (Å²) < 4.78 is 9.78. The zero-order valence-electron chi connectivity index (χ0n) is 17.7. The number of piperidine rings is 1. The van der Waals surface area contributed by atoms with Crippen LogP contribution in [0.25, 0.3) is 0 Å². The topological polar surface area (TPSA) is 82.6 Å². The maximum Gasteiger partial charge on any atom is 0.325 e. The van der Waals surface area contributed by atoms with E-state index < -0.39 is 0 Å². The highest BCUT2D eigenvalue weighted by Gasteiger charge is 2.20. The van der Waals surface area contributed by atoms with Crippen molar-refractivity contribution in [2.45, 2.75) is 39.0 Å². The molecular weight excluding hydrogens is 400 g/mol. The second-order valence-electron chi connectivity index (χ2n) is 8.04. The monoisotopic (exact) mass is 430 g/mol. The van der Waals surface area contributed by atoms with Gasteiger partial charge in [0.05, 0.1) is 24.6 Å². The molecule has 1 aromatic carbocycles. The van der Waals surface area contributed by atoms with E-state index in [-0.39, 0.29) is 11.9 Å². The zero-order valence-corrected chi connectivity index (χ0v) is 18.5.